The predicted octanol–water partition coefficient (Wildman–Crippen LogP) is 3.51. The molecular weight excluding hydrogens is 350 g/mol. The number of nitrogens with one attached hydrogen (secondary N) is 1. The quantitative estimate of drug-likeness (QED) is 0.809. The number of nitrogens with two attached hydrogens (primary N) is 1. The van der Waals surface area contributed by atoms with Crippen LogP contribution in [0.2, 0.25) is 0 Å². The minimum Gasteiger partial charge on any atom is -0.392 e. The lowest BCUT2D eigenvalue weighted by atomic mass is 9.85. The third-order valence-electron chi connectivity index (χ3n) is 3.61. The van der Waals surface area contributed by atoms with Gasteiger partial charge in [-0.1, -0.05) is 41.0 Å². The van der Waals surface area contributed by atoms with Crippen LogP contribution in [0.5, 0.6) is 0 Å². The van der Waals surface area contributed by atoms with Crippen LogP contribution in [0.4, 0.5) is 14.5 Å². The van der Waals surface area contributed by atoms with Crippen LogP contribution in [0.25, 0.3) is 0 Å². The van der Waals surface area contributed by atoms with Gasteiger partial charge in [-0.15, -0.1) is 0 Å². The summed E-state index contributed by atoms with van der Waals surface area (Å²) >= 11 is 7.95. The molecule has 0 radical (unpaired) electrons. The lowest BCUT2D eigenvalue weighted by Crippen LogP contribution is -2.44. The number of carbonyl (C=O) groups excluding carboxylic acids is 1. The average molecular weight is 363 g/mol. The van der Waals surface area contributed by atoms with Gasteiger partial charge in [-0.3, -0.25) is 4.79 Å². The van der Waals surface area contributed by atoms with Crippen LogP contribution >= 0.6 is 28.1 Å². The Morgan fingerprint density at radius 2 is 1.80 bits per heavy atom. The molecule has 0 bridgehead atoms. The van der Waals surface area contributed by atoms with E-state index in [4.69, 9.17) is 18.0 Å². The summed E-state index contributed by atoms with van der Waals surface area (Å²) in [6.07, 6.45) is 2.65. The lowest BCUT2D eigenvalue weighted by molar-refractivity contribution is -0.122. The SMILES string of the molecule is NC(=S)C1(C(=O)Nc2c(F)cc(Br)cc2F)CCCC1. The molecule has 0 heterocycles. The van der Waals surface area contributed by atoms with Crippen molar-refractivity contribution < 1.29 is 13.6 Å². The molecule has 1 saturated carbocycles. The molecule has 3 N–H and O–H groups in total. The van der Waals surface area contributed by atoms with E-state index in [2.05, 4.69) is 21.2 Å². The van der Waals surface area contributed by atoms with E-state index in [0.29, 0.717) is 12.8 Å². The Morgan fingerprint density at radius 1 is 1.30 bits per heavy atom. The molecule has 7 heteroatoms. The molecule has 2 rings (SSSR count). The molecule has 0 aliphatic heterocycles. The molecule has 0 aromatic heterocycles. The second-order valence-electron chi connectivity index (χ2n) is 4.85. The maximum atomic E-state index is 13.7. The summed E-state index contributed by atoms with van der Waals surface area (Å²) < 4.78 is 27.7. The molecule has 108 valence electrons. The van der Waals surface area contributed by atoms with Crippen LogP contribution in [-0.2, 0) is 4.79 Å². The van der Waals surface area contributed by atoms with E-state index in [9.17, 15) is 13.6 Å². The van der Waals surface area contributed by atoms with Gasteiger partial charge in [-0.25, -0.2) is 8.78 Å². The Balaban J connectivity index is 2.30. The summed E-state index contributed by atoms with van der Waals surface area (Å²) in [5.41, 5.74) is 4.19. The van der Waals surface area contributed by atoms with Gasteiger partial charge in [0, 0.05) is 4.47 Å². The van der Waals surface area contributed by atoms with E-state index in [1.54, 1.807) is 0 Å². The van der Waals surface area contributed by atoms with Crippen LogP contribution in [-0.4, -0.2) is 10.9 Å². The van der Waals surface area contributed by atoms with E-state index >= 15 is 0 Å². The Hall–Kier alpha value is -1.08. The smallest absolute Gasteiger partial charge is 0.237 e. The highest BCUT2D eigenvalue weighted by Crippen LogP contribution is 2.40. The number of amides is 1. The summed E-state index contributed by atoms with van der Waals surface area (Å²) in [5, 5.41) is 2.29. The third-order valence-corrected chi connectivity index (χ3v) is 4.46. The van der Waals surface area contributed by atoms with E-state index in [1.165, 1.54) is 0 Å². The maximum Gasteiger partial charge on any atom is 0.237 e. The number of hydrogen-bond acceptors (Lipinski definition) is 2. The minimum absolute atomic E-state index is 0.0745. The van der Waals surface area contributed by atoms with Crippen molar-refractivity contribution in [1.82, 2.24) is 0 Å². The molecule has 3 nitrogen and oxygen atoms in total. The topological polar surface area (TPSA) is 55.1 Å². The largest absolute Gasteiger partial charge is 0.392 e. The number of benzene rings is 1. The molecule has 1 fully saturated rings. The van der Waals surface area contributed by atoms with Crippen molar-refractivity contribution >= 4 is 44.7 Å². The van der Waals surface area contributed by atoms with Crippen molar-refractivity contribution in [3.05, 3.63) is 28.2 Å². The summed E-state index contributed by atoms with van der Waals surface area (Å²) in [4.78, 5) is 12.4. The Kier molecular flexibility index (Phi) is 4.39. The van der Waals surface area contributed by atoms with Crippen LogP contribution < -0.4 is 11.1 Å². The fourth-order valence-corrected chi connectivity index (χ4v) is 3.16. The van der Waals surface area contributed by atoms with Gasteiger partial charge in [0.1, 0.15) is 5.69 Å². The van der Waals surface area contributed by atoms with E-state index in [1.807, 2.05) is 0 Å². The molecule has 1 aliphatic carbocycles. The Morgan fingerprint density at radius 3 is 2.25 bits per heavy atom. The van der Waals surface area contributed by atoms with E-state index < -0.39 is 28.6 Å². The lowest BCUT2D eigenvalue weighted by Gasteiger charge is -2.26. The number of carbonyl (C=O) groups is 1. The molecule has 0 spiro atoms. The predicted molar refractivity (Wildman–Crippen MR) is 80.4 cm³/mol. The van der Waals surface area contributed by atoms with Crippen LogP contribution in [0.1, 0.15) is 25.7 Å². The van der Waals surface area contributed by atoms with Crippen molar-refractivity contribution in [1.29, 1.82) is 0 Å². The molecule has 0 saturated heterocycles. The van der Waals surface area contributed by atoms with E-state index in [0.717, 1.165) is 25.0 Å². The zero-order valence-electron chi connectivity index (χ0n) is 10.5. The monoisotopic (exact) mass is 362 g/mol. The van der Waals surface area contributed by atoms with Crippen LogP contribution in [0.15, 0.2) is 16.6 Å². The molecule has 1 aliphatic rings. The zero-order valence-corrected chi connectivity index (χ0v) is 12.9. The van der Waals surface area contributed by atoms with Gasteiger partial charge < -0.3 is 11.1 Å². The number of anilines is 1. The highest BCUT2D eigenvalue weighted by atomic mass is 79.9. The Labute approximate surface area is 129 Å². The van der Waals surface area contributed by atoms with Crippen LogP contribution in [0.3, 0.4) is 0 Å². The van der Waals surface area contributed by atoms with E-state index in [-0.39, 0.29) is 9.46 Å². The highest BCUT2D eigenvalue weighted by molar-refractivity contribution is 9.10. The van der Waals surface area contributed by atoms with Gasteiger partial charge in [0.05, 0.1) is 10.4 Å². The van der Waals surface area contributed by atoms with Crippen molar-refractivity contribution in [3.8, 4) is 0 Å². The second kappa shape index (κ2) is 5.73. The summed E-state index contributed by atoms with van der Waals surface area (Å²) in [5.74, 6) is -2.23. The molecular formula is C13H13BrF2N2OS. The van der Waals surface area contributed by atoms with Gasteiger partial charge in [-0.2, -0.15) is 0 Å². The van der Waals surface area contributed by atoms with Crippen molar-refractivity contribution in [3.63, 3.8) is 0 Å². The average Bonchev–Trinajstić information content (AvgIpc) is 2.83. The normalized spacial score (nSPS) is 16.9. The fraction of sp³-hybridized carbons (Fsp3) is 0.385. The minimum atomic E-state index is -0.999. The highest BCUT2D eigenvalue weighted by Gasteiger charge is 2.44. The van der Waals surface area contributed by atoms with Crippen LogP contribution in [0, 0.1) is 17.0 Å². The summed E-state index contributed by atoms with van der Waals surface area (Å²) in [7, 11) is 0. The van der Waals surface area contributed by atoms with Crippen molar-refractivity contribution in [2.75, 3.05) is 5.32 Å². The summed E-state index contributed by atoms with van der Waals surface area (Å²) in [6, 6.07) is 2.17. The number of hydrogen-bond donors (Lipinski definition) is 2. The first-order valence-corrected chi connectivity index (χ1v) is 7.33. The number of halogens is 3. The zero-order chi connectivity index (χ0) is 14.9. The van der Waals surface area contributed by atoms with Crippen molar-refractivity contribution in [2.24, 2.45) is 11.1 Å². The molecule has 1 aromatic carbocycles. The fourth-order valence-electron chi connectivity index (χ4n) is 2.46. The number of rotatable bonds is 3. The van der Waals surface area contributed by atoms with Gasteiger partial charge in [-0.05, 0) is 25.0 Å². The molecule has 0 unspecified atom stereocenters. The first-order valence-electron chi connectivity index (χ1n) is 6.13. The number of thiocarbonyl (C=S) groups is 1. The molecule has 1 amide bonds. The third kappa shape index (κ3) is 2.69. The first-order chi connectivity index (χ1) is 9.36. The summed E-state index contributed by atoms with van der Waals surface area (Å²) in [6.45, 7) is 0. The molecule has 1 aromatic rings. The van der Waals surface area contributed by atoms with Gasteiger partial charge in [0.2, 0.25) is 5.91 Å². The molecule has 20 heavy (non-hydrogen) atoms. The maximum absolute atomic E-state index is 13.7. The second-order valence-corrected chi connectivity index (χ2v) is 6.21. The van der Waals surface area contributed by atoms with Crippen molar-refractivity contribution in [2.45, 2.75) is 25.7 Å². The standard InChI is InChI=1S/C13H13BrF2N2OS/c14-7-5-8(15)10(9(16)6-7)18-12(19)13(11(17)20)3-1-2-4-13/h5-6H,1-4H2,(H2,17,20)(H,18,19). The first kappa shape index (κ1) is 15.3. The van der Waals surface area contributed by atoms with Gasteiger partial charge in [0.25, 0.3) is 0 Å². The van der Waals surface area contributed by atoms with Gasteiger partial charge in [0.15, 0.2) is 11.6 Å². The molecule has 0 atom stereocenters. The van der Waals surface area contributed by atoms with Gasteiger partial charge >= 0.3 is 0 Å². The Bertz CT molecular complexity index is 550.